The monoisotopic (exact) mass is 244 g/mol. The van der Waals surface area contributed by atoms with Crippen LogP contribution in [0.2, 0.25) is 0 Å². The van der Waals surface area contributed by atoms with Crippen molar-refractivity contribution in [3.8, 4) is 6.07 Å². The normalized spacial score (nSPS) is 11.0. The molecule has 8 heteroatoms. The van der Waals surface area contributed by atoms with E-state index in [1.807, 2.05) is 6.07 Å². The van der Waals surface area contributed by atoms with Gasteiger partial charge in [0.15, 0.2) is 11.5 Å². The number of azo groups is 1. The first-order chi connectivity index (χ1) is 8.54. The summed E-state index contributed by atoms with van der Waals surface area (Å²) >= 11 is 0. The number of hydrogen-bond acceptors (Lipinski definition) is 6. The Kier molecular flexibility index (Phi) is 2.81. The van der Waals surface area contributed by atoms with Gasteiger partial charge in [0, 0.05) is 14.1 Å². The molecular weight excluding hydrogens is 232 g/mol. The molecule has 0 aliphatic rings. The van der Waals surface area contributed by atoms with Gasteiger partial charge < -0.3 is 5.73 Å². The third-order valence-corrected chi connectivity index (χ3v) is 2.51. The van der Waals surface area contributed by atoms with Gasteiger partial charge in [0.25, 0.3) is 0 Å². The Balaban J connectivity index is 2.42. The van der Waals surface area contributed by atoms with E-state index in [0.717, 1.165) is 0 Å². The van der Waals surface area contributed by atoms with Crippen LogP contribution >= 0.6 is 0 Å². The Bertz CT molecular complexity index is 654. The highest BCUT2D eigenvalue weighted by Gasteiger charge is 2.11. The van der Waals surface area contributed by atoms with Gasteiger partial charge >= 0.3 is 0 Å². The van der Waals surface area contributed by atoms with Crippen molar-refractivity contribution in [2.24, 2.45) is 24.3 Å². The van der Waals surface area contributed by atoms with Gasteiger partial charge in [-0.25, -0.2) is 4.68 Å². The number of aryl methyl sites for hydroxylation is 3. The van der Waals surface area contributed by atoms with E-state index in [1.165, 1.54) is 15.6 Å². The molecule has 0 amide bonds. The van der Waals surface area contributed by atoms with Crippen LogP contribution in [-0.2, 0) is 14.1 Å². The van der Waals surface area contributed by atoms with Crippen LogP contribution in [-0.4, -0.2) is 19.6 Å². The minimum atomic E-state index is 0.362. The summed E-state index contributed by atoms with van der Waals surface area (Å²) in [6.45, 7) is 1.79. The van der Waals surface area contributed by atoms with E-state index in [-0.39, 0.29) is 0 Å². The summed E-state index contributed by atoms with van der Waals surface area (Å²) in [7, 11) is 3.42. The van der Waals surface area contributed by atoms with Gasteiger partial charge in [0.05, 0.1) is 11.9 Å². The fourth-order valence-corrected chi connectivity index (χ4v) is 1.51. The largest absolute Gasteiger partial charge is 0.382 e. The van der Waals surface area contributed by atoms with Crippen LogP contribution in [0.3, 0.4) is 0 Å². The predicted molar refractivity (Wildman–Crippen MR) is 64.5 cm³/mol. The molecule has 2 rings (SSSR count). The summed E-state index contributed by atoms with van der Waals surface area (Å²) in [6.07, 6.45) is 1.44. The molecule has 0 atom stereocenters. The van der Waals surface area contributed by atoms with Crippen molar-refractivity contribution >= 4 is 17.3 Å². The Morgan fingerprint density at radius 1 is 1.33 bits per heavy atom. The number of nitrogen functional groups attached to an aromatic ring is 1. The fourth-order valence-electron chi connectivity index (χ4n) is 1.51. The summed E-state index contributed by atoms with van der Waals surface area (Å²) in [6, 6.07) is 2.00. The summed E-state index contributed by atoms with van der Waals surface area (Å²) < 4.78 is 3.00. The van der Waals surface area contributed by atoms with Crippen LogP contribution in [0.4, 0.5) is 17.3 Å². The molecule has 2 aromatic heterocycles. The summed E-state index contributed by atoms with van der Waals surface area (Å²) in [4.78, 5) is 0. The first-order valence-corrected chi connectivity index (χ1v) is 5.17. The zero-order chi connectivity index (χ0) is 13.3. The molecule has 0 aliphatic carbocycles. The molecule has 0 fully saturated rings. The number of hydrogen-bond donors (Lipinski definition) is 1. The van der Waals surface area contributed by atoms with Crippen LogP contribution in [0.25, 0.3) is 0 Å². The maximum atomic E-state index is 8.90. The SMILES string of the molecule is Cc1nn(C)c(N)c1N=Nc1c(C#N)cnn1C. The van der Waals surface area contributed by atoms with Crippen molar-refractivity contribution in [1.82, 2.24) is 19.6 Å². The van der Waals surface area contributed by atoms with Crippen molar-refractivity contribution in [3.63, 3.8) is 0 Å². The van der Waals surface area contributed by atoms with Gasteiger partial charge in [-0.15, -0.1) is 10.2 Å². The van der Waals surface area contributed by atoms with Crippen LogP contribution < -0.4 is 5.73 Å². The van der Waals surface area contributed by atoms with E-state index in [4.69, 9.17) is 11.0 Å². The van der Waals surface area contributed by atoms with Gasteiger partial charge in [0.1, 0.15) is 17.5 Å². The molecule has 0 spiro atoms. The third kappa shape index (κ3) is 1.82. The van der Waals surface area contributed by atoms with Gasteiger partial charge in [-0.1, -0.05) is 0 Å². The molecular formula is C10H12N8. The molecule has 0 radical (unpaired) electrons. The van der Waals surface area contributed by atoms with Crippen LogP contribution in [0.1, 0.15) is 11.3 Å². The average molecular weight is 244 g/mol. The van der Waals surface area contributed by atoms with E-state index in [0.29, 0.717) is 28.6 Å². The lowest BCUT2D eigenvalue weighted by molar-refractivity contribution is 0.764. The molecule has 0 saturated heterocycles. The number of nitriles is 1. The standard InChI is InChI=1S/C10H12N8/c1-6-8(9(12)17(2)16-6)14-15-10-7(4-11)5-13-18(10)3/h5H,12H2,1-3H3. The first-order valence-electron chi connectivity index (χ1n) is 5.17. The van der Waals surface area contributed by atoms with Crippen molar-refractivity contribution in [3.05, 3.63) is 17.5 Å². The summed E-state index contributed by atoms with van der Waals surface area (Å²) in [5.41, 5.74) is 7.36. The number of anilines is 1. The molecule has 0 aliphatic heterocycles. The molecule has 2 N–H and O–H groups in total. The maximum absolute atomic E-state index is 8.90. The second-order valence-corrected chi connectivity index (χ2v) is 3.76. The quantitative estimate of drug-likeness (QED) is 0.803. The van der Waals surface area contributed by atoms with E-state index < -0.39 is 0 Å². The lowest BCUT2D eigenvalue weighted by Crippen LogP contribution is -1.96. The van der Waals surface area contributed by atoms with Crippen LogP contribution in [0, 0.1) is 18.3 Å². The summed E-state index contributed by atoms with van der Waals surface area (Å²) in [5.74, 6) is 0.817. The molecule has 0 bridgehead atoms. The number of aromatic nitrogens is 4. The smallest absolute Gasteiger partial charge is 0.190 e. The Morgan fingerprint density at radius 3 is 2.61 bits per heavy atom. The maximum Gasteiger partial charge on any atom is 0.190 e. The van der Waals surface area contributed by atoms with Crippen LogP contribution in [0.15, 0.2) is 16.4 Å². The van der Waals surface area contributed by atoms with Gasteiger partial charge in [-0.3, -0.25) is 4.68 Å². The highest BCUT2D eigenvalue weighted by atomic mass is 15.4. The van der Waals surface area contributed by atoms with E-state index in [9.17, 15) is 0 Å². The fraction of sp³-hybridized carbons (Fsp3) is 0.300. The second-order valence-electron chi connectivity index (χ2n) is 3.76. The molecule has 0 aromatic carbocycles. The molecule has 2 heterocycles. The zero-order valence-corrected chi connectivity index (χ0v) is 10.3. The average Bonchev–Trinajstić information content (AvgIpc) is 2.80. The van der Waals surface area contributed by atoms with E-state index >= 15 is 0 Å². The number of rotatable bonds is 2. The predicted octanol–water partition coefficient (Wildman–Crippen LogP) is 1.33. The van der Waals surface area contributed by atoms with Crippen molar-refractivity contribution in [1.29, 1.82) is 5.26 Å². The molecule has 0 unspecified atom stereocenters. The number of nitrogens with zero attached hydrogens (tertiary/aromatic N) is 7. The van der Waals surface area contributed by atoms with Gasteiger partial charge in [0.2, 0.25) is 0 Å². The minimum Gasteiger partial charge on any atom is -0.382 e. The molecule has 2 aromatic rings. The van der Waals surface area contributed by atoms with E-state index in [2.05, 4.69) is 20.4 Å². The third-order valence-electron chi connectivity index (χ3n) is 2.51. The van der Waals surface area contributed by atoms with E-state index in [1.54, 1.807) is 21.0 Å². The molecule has 92 valence electrons. The second kappa shape index (κ2) is 4.29. The van der Waals surface area contributed by atoms with Gasteiger partial charge in [-0.2, -0.15) is 15.5 Å². The van der Waals surface area contributed by atoms with Crippen molar-refractivity contribution in [2.45, 2.75) is 6.92 Å². The van der Waals surface area contributed by atoms with Crippen LogP contribution in [0.5, 0.6) is 0 Å². The summed E-state index contributed by atoms with van der Waals surface area (Å²) in [5, 5.41) is 25.0. The highest BCUT2D eigenvalue weighted by molar-refractivity contribution is 5.61. The molecule has 18 heavy (non-hydrogen) atoms. The molecule has 8 nitrogen and oxygen atoms in total. The topological polar surface area (TPSA) is 110 Å². The lowest BCUT2D eigenvalue weighted by atomic mass is 10.4. The Labute approximate surface area is 103 Å². The number of nitrogens with two attached hydrogens (primary N) is 1. The first kappa shape index (κ1) is 11.8. The van der Waals surface area contributed by atoms with Gasteiger partial charge in [-0.05, 0) is 6.92 Å². The Hall–Kier alpha value is -2.69. The lowest BCUT2D eigenvalue weighted by Gasteiger charge is -1.95. The van der Waals surface area contributed by atoms with Crippen molar-refractivity contribution < 1.29 is 0 Å². The molecule has 0 saturated carbocycles. The van der Waals surface area contributed by atoms with Crippen molar-refractivity contribution in [2.75, 3.05) is 5.73 Å². The Morgan fingerprint density at radius 2 is 2.06 bits per heavy atom. The highest BCUT2D eigenvalue weighted by Crippen LogP contribution is 2.28. The zero-order valence-electron chi connectivity index (χ0n) is 10.3. The minimum absolute atomic E-state index is 0.362.